The number of hydrogen-bond acceptors (Lipinski definition) is 4. The van der Waals surface area contributed by atoms with E-state index in [9.17, 15) is 9.90 Å². The van der Waals surface area contributed by atoms with E-state index in [1.165, 1.54) is 0 Å². The molecule has 0 aromatic rings. The molecule has 1 saturated heterocycles. The first-order valence-corrected chi connectivity index (χ1v) is 5.25. The predicted octanol–water partition coefficient (Wildman–Crippen LogP) is 0.641. The van der Waals surface area contributed by atoms with Gasteiger partial charge in [0.05, 0.1) is 6.10 Å². The summed E-state index contributed by atoms with van der Waals surface area (Å²) in [5, 5.41) is 9.84. The Morgan fingerprint density at radius 3 is 2.40 bits per heavy atom. The van der Waals surface area contributed by atoms with Crippen LogP contribution in [0.1, 0.15) is 27.7 Å². The van der Waals surface area contributed by atoms with Gasteiger partial charge in [-0.15, -0.1) is 0 Å². The molecule has 0 saturated carbocycles. The van der Waals surface area contributed by atoms with Crippen LogP contribution in [0.25, 0.3) is 0 Å². The normalized spacial score (nSPS) is 33.1. The first-order chi connectivity index (χ1) is 6.65. The lowest BCUT2D eigenvalue weighted by Crippen LogP contribution is -2.43. The molecule has 0 spiro atoms. The van der Waals surface area contributed by atoms with Gasteiger partial charge in [-0.1, -0.05) is 0 Å². The summed E-state index contributed by atoms with van der Waals surface area (Å²) in [5.74, 6) is -0.313. The summed E-state index contributed by atoms with van der Waals surface area (Å²) in [6.07, 6.45) is -0.641. The van der Waals surface area contributed by atoms with Gasteiger partial charge in [0.25, 0.3) is 0 Å². The highest BCUT2D eigenvalue weighted by Crippen LogP contribution is 2.32. The van der Waals surface area contributed by atoms with Crippen LogP contribution < -0.4 is 0 Å². The number of carbonyl (C=O) groups is 1. The van der Waals surface area contributed by atoms with Gasteiger partial charge in [0.15, 0.2) is 0 Å². The molecule has 0 aliphatic carbocycles. The second-order valence-corrected chi connectivity index (χ2v) is 5.63. The summed E-state index contributed by atoms with van der Waals surface area (Å²) in [6.45, 7) is 8.33. The molecule has 1 heterocycles. The van der Waals surface area contributed by atoms with E-state index < -0.39 is 17.1 Å². The van der Waals surface area contributed by atoms with E-state index in [4.69, 9.17) is 4.74 Å². The second-order valence-electron chi connectivity index (χ2n) is 5.63. The lowest BCUT2D eigenvalue weighted by Gasteiger charge is -2.29. The van der Waals surface area contributed by atoms with E-state index in [1.807, 2.05) is 32.7 Å². The van der Waals surface area contributed by atoms with E-state index in [0.29, 0.717) is 13.1 Å². The Labute approximate surface area is 91.2 Å². The quantitative estimate of drug-likeness (QED) is 0.652. The van der Waals surface area contributed by atoms with Crippen molar-refractivity contribution in [3.8, 4) is 0 Å². The molecular weight excluding hydrogens is 194 g/mol. The monoisotopic (exact) mass is 215 g/mol. The first kappa shape index (κ1) is 12.5. The number of ether oxygens (including phenoxy) is 1. The number of rotatable bonds is 1. The summed E-state index contributed by atoms with van der Waals surface area (Å²) in [6, 6.07) is 0. The minimum atomic E-state index is -0.790. The summed E-state index contributed by atoms with van der Waals surface area (Å²) >= 11 is 0. The van der Waals surface area contributed by atoms with Crippen molar-refractivity contribution in [3.63, 3.8) is 0 Å². The van der Waals surface area contributed by atoms with E-state index in [0.717, 1.165) is 0 Å². The van der Waals surface area contributed by atoms with Crippen molar-refractivity contribution in [2.45, 2.75) is 39.4 Å². The Hall–Kier alpha value is -0.610. The minimum absolute atomic E-state index is 0.313. The van der Waals surface area contributed by atoms with Crippen molar-refractivity contribution in [1.29, 1.82) is 0 Å². The zero-order valence-corrected chi connectivity index (χ0v) is 10.2. The van der Waals surface area contributed by atoms with E-state index in [2.05, 4.69) is 0 Å². The fourth-order valence-electron chi connectivity index (χ4n) is 1.82. The third kappa shape index (κ3) is 2.69. The zero-order chi connectivity index (χ0) is 11.9. The number of nitrogens with zero attached hydrogens (tertiary/aromatic N) is 1. The van der Waals surface area contributed by atoms with Crippen LogP contribution in [0, 0.1) is 5.41 Å². The molecule has 1 aliphatic heterocycles. The van der Waals surface area contributed by atoms with Gasteiger partial charge in [-0.3, -0.25) is 4.79 Å². The number of aliphatic hydroxyl groups excluding tert-OH is 1. The third-order valence-electron chi connectivity index (χ3n) is 2.68. The first-order valence-electron chi connectivity index (χ1n) is 5.25. The van der Waals surface area contributed by atoms with Crippen molar-refractivity contribution in [2.75, 3.05) is 20.1 Å². The standard InChI is InChI=1S/C11H21NO3/c1-10(2,3)15-9(14)11(4)7-12(5)6-8(11)13/h8,13H,6-7H2,1-5H3/t8?,11-/m0/s1. The minimum Gasteiger partial charge on any atom is -0.459 e. The number of esters is 1. The third-order valence-corrected chi connectivity index (χ3v) is 2.68. The molecule has 2 atom stereocenters. The Bertz CT molecular complexity index is 259. The van der Waals surface area contributed by atoms with Crippen molar-refractivity contribution >= 4 is 5.97 Å². The second kappa shape index (κ2) is 3.76. The maximum absolute atomic E-state index is 11.9. The number of aliphatic hydroxyl groups is 1. The van der Waals surface area contributed by atoms with Gasteiger partial charge in [-0.25, -0.2) is 0 Å². The molecule has 1 aliphatic rings. The molecule has 0 aromatic heterocycles. The number of likely N-dealkylation sites (N-methyl/N-ethyl adjacent to an activating group) is 1. The van der Waals surface area contributed by atoms with Crippen LogP contribution in [0.4, 0.5) is 0 Å². The van der Waals surface area contributed by atoms with Gasteiger partial charge < -0.3 is 14.7 Å². The topological polar surface area (TPSA) is 49.8 Å². The van der Waals surface area contributed by atoms with E-state index in [1.54, 1.807) is 6.92 Å². The van der Waals surface area contributed by atoms with Crippen molar-refractivity contribution in [3.05, 3.63) is 0 Å². The van der Waals surface area contributed by atoms with Crippen molar-refractivity contribution < 1.29 is 14.6 Å². The molecule has 15 heavy (non-hydrogen) atoms. The Kier molecular flexibility index (Phi) is 3.12. The lowest BCUT2D eigenvalue weighted by molar-refractivity contribution is -0.170. The Balaban J connectivity index is 2.74. The smallest absolute Gasteiger partial charge is 0.316 e. The molecule has 0 bridgehead atoms. The molecule has 1 fully saturated rings. The molecular formula is C11H21NO3. The molecule has 0 amide bonds. The van der Waals surface area contributed by atoms with E-state index in [-0.39, 0.29) is 5.97 Å². The summed E-state index contributed by atoms with van der Waals surface area (Å²) < 4.78 is 5.32. The van der Waals surface area contributed by atoms with Crippen LogP contribution in [-0.2, 0) is 9.53 Å². The molecule has 0 aromatic carbocycles. The highest BCUT2D eigenvalue weighted by Gasteiger charge is 2.49. The average molecular weight is 215 g/mol. The molecule has 1 N–H and O–H groups in total. The maximum atomic E-state index is 11.9. The highest BCUT2D eigenvalue weighted by atomic mass is 16.6. The van der Waals surface area contributed by atoms with Crippen LogP contribution in [0.3, 0.4) is 0 Å². The molecule has 4 nitrogen and oxygen atoms in total. The van der Waals surface area contributed by atoms with Crippen LogP contribution in [-0.4, -0.2) is 47.8 Å². The number of β-amino-alcohol motifs (C(OH)–C–C–N with tert-alkyl or cyclic N) is 1. The number of hydrogen-bond donors (Lipinski definition) is 1. The average Bonchev–Trinajstić information content (AvgIpc) is 2.23. The Morgan fingerprint density at radius 1 is 1.53 bits per heavy atom. The molecule has 1 unspecified atom stereocenters. The van der Waals surface area contributed by atoms with Gasteiger partial charge in [0, 0.05) is 13.1 Å². The number of likely N-dealkylation sites (tertiary alicyclic amines) is 1. The maximum Gasteiger partial charge on any atom is 0.316 e. The van der Waals surface area contributed by atoms with Gasteiger partial charge in [0.1, 0.15) is 11.0 Å². The fourth-order valence-corrected chi connectivity index (χ4v) is 1.82. The van der Waals surface area contributed by atoms with Crippen LogP contribution in [0.15, 0.2) is 0 Å². The van der Waals surface area contributed by atoms with Crippen LogP contribution in [0.5, 0.6) is 0 Å². The lowest BCUT2D eigenvalue weighted by atomic mass is 9.87. The van der Waals surface area contributed by atoms with Crippen molar-refractivity contribution in [2.24, 2.45) is 5.41 Å². The van der Waals surface area contributed by atoms with E-state index >= 15 is 0 Å². The molecule has 88 valence electrons. The SMILES string of the molecule is CN1CC(O)[C@@](C)(C(=O)OC(C)(C)C)C1. The molecule has 4 heteroatoms. The summed E-state index contributed by atoms with van der Waals surface area (Å²) in [4.78, 5) is 13.9. The number of carbonyl (C=O) groups excluding carboxylic acids is 1. The fraction of sp³-hybridized carbons (Fsp3) is 0.909. The summed E-state index contributed by atoms with van der Waals surface area (Å²) in [5.41, 5.74) is -1.29. The highest BCUT2D eigenvalue weighted by molar-refractivity contribution is 5.78. The largest absolute Gasteiger partial charge is 0.459 e. The van der Waals surface area contributed by atoms with Gasteiger partial charge in [-0.05, 0) is 34.7 Å². The van der Waals surface area contributed by atoms with Crippen LogP contribution >= 0.6 is 0 Å². The van der Waals surface area contributed by atoms with Gasteiger partial charge >= 0.3 is 5.97 Å². The Morgan fingerprint density at radius 2 is 2.07 bits per heavy atom. The van der Waals surface area contributed by atoms with Crippen molar-refractivity contribution in [1.82, 2.24) is 4.90 Å². The van der Waals surface area contributed by atoms with Crippen LogP contribution in [0.2, 0.25) is 0 Å². The molecule has 1 rings (SSSR count). The zero-order valence-electron chi connectivity index (χ0n) is 10.2. The summed E-state index contributed by atoms with van der Waals surface area (Å²) in [7, 11) is 1.89. The van der Waals surface area contributed by atoms with Gasteiger partial charge in [-0.2, -0.15) is 0 Å². The molecule has 0 radical (unpaired) electrons. The van der Waals surface area contributed by atoms with Gasteiger partial charge in [0.2, 0.25) is 0 Å². The predicted molar refractivity (Wildman–Crippen MR) is 57.5 cm³/mol.